The first-order valence-corrected chi connectivity index (χ1v) is 13.0. The SMILES string of the molecule is CCCCC[C@@H](O)c1nc(-c2ccccc2)n(-c2ccccc2)c1/C=C/[C@@H](O)[C@@H](O)CCCC(=O)OC. The highest BCUT2D eigenvalue weighted by atomic mass is 16.5. The molecule has 0 aliphatic heterocycles. The lowest BCUT2D eigenvalue weighted by molar-refractivity contribution is -0.140. The minimum atomic E-state index is -1.15. The molecule has 0 amide bonds. The summed E-state index contributed by atoms with van der Waals surface area (Å²) in [5, 5.41) is 32.3. The van der Waals surface area contributed by atoms with Crippen molar-refractivity contribution >= 4 is 12.0 Å². The molecule has 1 aromatic heterocycles. The Balaban J connectivity index is 2.00. The Hall–Kier alpha value is -3.26. The van der Waals surface area contributed by atoms with Crippen molar-refractivity contribution in [1.29, 1.82) is 0 Å². The highest BCUT2D eigenvalue weighted by Gasteiger charge is 2.23. The summed E-state index contributed by atoms with van der Waals surface area (Å²) < 4.78 is 6.60. The molecule has 198 valence electrons. The van der Waals surface area contributed by atoms with Crippen LogP contribution in [0.1, 0.15) is 69.4 Å². The van der Waals surface area contributed by atoms with Crippen LogP contribution in [0.15, 0.2) is 66.7 Å². The third-order valence-corrected chi connectivity index (χ3v) is 6.34. The van der Waals surface area contributed by atoms with Crippen molar-refractivity contribution in [3.05, 3.63) is 78.1 Å². The Bertz CT molecular complexity index is 1130. The van der Waals surface area contributed by atoms with Gasteiger partial charge in [0.2, 0.25) is 0 Å². The highest BCUT2D eigenvalue weighted by molar-refractivity contribution is 5.69. The van der Waals surface area contributed by atoms with E-state index in [9.17, 15) is 20.1 Å². The number of hydrogen-bond acceptors (Lipinski definition) is 6. The number of rotatable bonds is 14. The van der Waals surface area contributed by atoms with E-state index in [1.165, 1.54) is 13.2 Å². The molecule has 0 aliphatic rings. The standard InChI is InChI=1S/C30H38N2O5/c1-3-4-7-17-27(35)29-24(20-21-26(34)25(33)18-12-19-28(36)37-2)32(23-15-10-6-11-16-23)30(31-29)22-13-8-5-9-14-22/h5-6,8-11,13-16,20-21,25-27,33-35H,3-4,7,12,17-19H2,1-2H3/b21-20+/t25-,26+,27+/m0/s1. The summed E-state index contributed by atoms with van der Waals surface area (Å²) >= 11 is 0. The molecule has 3 aromatic rings. The van der Waals surface area contributed by atoms with Gasteiger partial charge in [-0.15, -0.1) is 0 Å². The van der Waals surface area contributed by atoms with Crippen LogP contribution in [0.3, 0.4) is 0 Å². The van der Waals surface area contributed by atoms with Gasteiger partial charge in [-0.25, -0.2) is 4.98 Å². The number of imidazole rings is 1. The Labute approximate surface area is 219 Å². The lowest BCUT2D eigenvalue weighted by atomic mass is 10.0. The van der Waals surface area contributed by atoms with Crippen molar-refractivity contribution in [3.8, 4) is 17.1 Å². The van der Waals surface area contributed by atoms with Crippen LogP contribution in [0.25, 0.3) is 23.2 Å². The van der Waals surface area contributed by atoms with E-state index in [2.05, 4.69) is 11.7 Å². The molecule has 0 aliphatic carbocycles. The fourth-order valence-corrected chi connectivity index (χ4v) is 4.25. The molecule has 7 heteroatoms. The van der Waals surface area contributed by atoms with E-state index in [1.807, 2.05) is 65.2 Å². The number of carbonyl (C=O) groups is 1. The summed E-state index contributed by atoms with van der Waals surface area (Å²) in [5.41, 5.74) is 2.95. The Kier molecular flexibility index (Phi) is 11.1. The van der Waals surface area contributed by atoms with Crippen LogP contribution in [0.4, 0.5) is 0 Å². The lowest BCUT2D eigenvalue weighted by Crippen LogP contribution is -2.23. The zero-order valence-corrected chi connectivity index (χ0v) is 21.7. The molecule has 0 saturated heterocycles. The van der Waals surface area contributed by atoms with E-state index in [4.69, 9.17) is 4.98 Å². The second-order valence-electron chi connectivity index (χ2n) is 9.14. The van der Waals surface area contributed by atoms with Gasteiger partial charge in [-0.3, -0.25) is 9.36 Å². The first-order chi connectivity index (χ1) is 18.0. The number of carbonyl (C=O) groups excluding carboxylic acids is 1. The van der Waals surface area contributed by atoms with Crippen molar-refractivity contribution in [2.75, 3.05) is 7.11 Å². The minimum Gasteiger partial charge on any atom is -0.469 e. The number of aliphatic hydroxyl groups excluding tert-OH is 3. The van der Waals surface area contributed by atoms with Crippen molar-refractivity contribution < 1.29 is 24.9 Å². The monoisotopic (exact) mass is 506 g/mol. The maximum atomic E-state index is 11.3. The molecule has 0 spiro atoms. The predicted molar refractivity (Wildman–Crippen MR) is 145 cm³/mol. The smallest absolute Gasteiger partial charge is 0.305 e. The van der Waals surface area contributed by atoms with Crippen molar-refractivity contribution in [3.63, 3.8) is 0 Å². The van der Waals surface area contributed by atoms with Crippen molar-refractivity contribution in [2.24, 2.45) is 0 Å². The molecular weight excluding hydrogens is 468 g/mol. The molecule has 3 N–H and O–H groups in total. The molecule has 1 heterocycles. The molecule has 37 heavy (non-hydrogen) atoms. The van der Waals surface area contributed by atoms with Gasteiger partial charge in [-0.2, -0.15) is 0 Å². The number of hydrogen-bond donors (Lipinski definition) is 3. The fraction of sp³-hybridized carbons (Fsp3) is 0.400. The van der Waals surface area contributed by atoms with E-state index < -0.39 is 18.3 Å². The van der Waals surface area contributed by atoms with E-state index in [0.29, 0.717) is 30.1 Å². The van der Waals surface area contributed by atoms with Gasteiger partial charge in [0.15, 0.2) is 0 Å². The summed E-state index contributed by atoms with van der Waals surface area (Å²) in [6.45, 7) is 2.12. The number of nitrogens with zero attached hydrogens (tertiary/aromatic N) is 2. The third kappa shape index (κ3) is 7.86. The van der Waals surface area contributed by atoms with Crippen molar-refractivity contribution in [2.45, 2.75) is 70.2 Å². The van der Waals surface area contributed by atoms with Crippen molar-refractivity contribution in [1.82, 2.24) is 9.55 Å². The second-order valence-corrected chi connectivity index (χ2v) is 9.14. The summed E-state index contributed by atoms with van der Waals surface area (Å²) in [5.74, 6) is 0.336. The number of ether oxygens (including phenoxy) is 1. The number of para-hydroxylation sites is 1. The van der Waals surface area contributed by atoms with Gasteiger partial charge in [0.1, 0.15) is 5.82 Å². The lowest BCUT2D eigenvalue weighted by Gasteiger charge is -2.16. The van der Waals surface area contributed by atoms with Crippen LogP contribution < -0.4 is 0 Å². The zero-order valence-electron chi connectivity index (χ0n) is 21.7. The van der Waals surface area contributed by atoms with Crippen LogP contribution in [-0.2, 0) is 9.53 Å². The number of benzene rings is 2. The largest absolute Gasteiger partial charge is 0.469 e. The average molecular weight is 507 g/mol. The third-order valence-electron chi connectivity index (χ3n) is 6.34. The van der Waals surface area contributed by atoms with Gasteiger partial charge in [0.05, 0.1) is 36.8 Å². The van der Waals surface area contributed by atoms with Gasteiger partial charge in [0, 0.05) is 17.7 Å². The summed E-state index contributed by atoms with van der Waals surface area (Å²) in [6.07, 6.45) is 4.63. The highest BCUT2D eigenvalue weighted by Crippen LogP contribution is 2.32. The average Bonchev–Trinajstić information content (AvgIpc) is 3.32. The molecule has 3 rings (SSSR count). The maximum absolute atomic E-state index is 11.3. The van der Waals surface area contributed by atoms with E-state index in [1.54, 1.807) is 6.08 Å². The van der Waals surface area contributed by atoms with Crippen LogP contribution >= 0.6 is 0 Å². The van der Waals surface area contributed by atoms with Gasteiger partial charge in [0.25, 0.3) is 0 Å². The molecule has 0 unspecified atom stereocenters. The molecule has 2 aromatic carbocycles. The molecule has 0 fully saturated rings. The fourth-order valence-electron chi connectivity index (χ4n) is 4.25. The molecule has 0 radical (unpaired) electrons. The Morgan fingerprint density at radius 2 is 1.65 bits per heavy atom. The molecule has 0 saturated carbocycles. The summed E-state index contributed by atoms with van der Waals surface area (Å²) in [6, 6.07) is 19.5. The van der Waals surface area contributed by atoms with Crippen LogP contribution in [0, 0.1) is 0 Å². The van der Waals surface area contributed by atoms with E-state index in [0.717, 1.165) is 30.5 Å². The number of aliphatic hydroxyl groups is 3. The summed E-state index contributed by atoms with van der Waals surface area (Å²) in [7, 11) is 1.32. The molecule has 3 atom stereocenters. The number of methoxy groups -OCH3 is 1. The first kappa shape index (κ1) is 28.3. The number of esters is 1. The number of aromatic nitrogens is 2. The Morgan fingerprint density at radius 3 is 2.30 bits per heavy atom. The second kappa shape index (κ2) is 14.5. The first-order valence-electron chi connectivity index (χ1n) is 13.0. The van der Waals surface area contributed by atoms with E-state index >= 15 is 0 Å². The van der Waals surface area contributed by atoms with Gasteiger partial charge >= 0.3 is 5.97 Å². The quantitative estimate of drug-likeness (QED) is 0.204. The summed E-state index contributed by atoms with van der Waals surface area (Å²) in [4.78, 5) is 16.3. The normalized spacial score (nSPS) is 14.0. The minimum absolute atomic E-state index is 0.180. The van der Waals surface area contributed by atoms with Gasteiger partial charge in [-0.1, -0.05) is 80.8 Å². The predicted octanol–water partition coefficient (Wildman–Crippen LogP) is 5.23. The molecule has 0 bridgehead atoms. The van der Waals surface area contributed by atoms with Crippen LogP contribution in [0.5, 0.6) is 0 Å². The van der Waals surface area contributed by atoms with Crippen LogP contribution in [0.2, 0.25) is 0 Å². The van der Waals surface area contributed by atoms with Crippen LogP contribution in [-0.4, -0.2) is 50.2 Å². The van der Waals surface area contributed by atoms with Gasteiger partial charge < -0.3 is 20.1 Å². The molecule has 7 nitrogen and oxygen atoms in total. The zero-order chi connectivity index (χ0) is 26.6. The van der Waals surface area contributed by atoms with Gasteiger partial charge in [-0.05, 0) is 37.5 Å². The topological polar surface area (TPSA) is 105 Å². The maximum Gasteiger partial charge on any atom is 0.305 e. The Morgan fingerprint density at radius 1 is 0.973 bits per heavy atom. The molecular formula is C30H38N2O5. The van der Waals surface area contributed by atoms with E-state index in [-0.39, 0.29) is 18.8 Å². The number of unbranched alkanes of at least 4 members (excludes halogenated alkanes) is 2.